The number of nitrogens with zero attached hydrogens (tertiary/aromatic N) is 1. The van der Waals surface area contributed by atoms with Crippen LogP contribution in [0.4, 0.5) is 0 Å². The molecule has 0 bridgehead atoms. The number of hydrogen-bond acceptors (Lipinski definition) is 5. The monoisotopic (exact) mass is 355 g/mol. The van der Waals surface area contributed by atoms with Crippen LogP contribution in [0, 0.1) is 0 Å². The molecule has 2 rings (SSSR count). The highest BCUT2D eigenvalue weighted by Crippen LogP contribution is 2.21. The lowest BCUT2D eigenvalue weighted by molar-refractivity contribution is -0.119. The molecule has 1 saturated heterocycles. The van der Waals surface area contributed by atoms with Gasteiger partial charge in [0.2, 0.25) is 15.9 Å². The van der Waals surface area contributed by atoms with Gasteiger partial charge in [-0.2, -0.15) is 0 Å². The van der Waals surface area contributed by atoms with Crippen LogP contribution in [0.1, 0.15) is 24.8 Å². The Morgan fingerprint density at radius 3 is 2.54 bits per heavy atom. The summed E-state index contributed by atoms with van der Waals surface area (Å²) in [4.78, 5) is 13.6. The molecule has 7 nitrogen and oxygen atoms in total. The van der Waals surface area contributed by atoms with Gasteiger partial charge in [0.1, 0.15) is 0 Å². The predicted molar refractivity (Wildman–Crippen MR) is 91.2 cm³/mol. The smallest absolute Gasteiger partial charge is 0.240 e. The number of carbonyl (C=O) groups is 1. The highest BCUT2D eigenvalue weighted by molar-refractivity contribution is 7.89. The van der Waals surface area contributed by atoms with Crippen LogP contribution in [0.25, 0.3) is 0 Å². The summed E-state index contributed by atoms with van der Waals surface area (Å²) >= 11 is 0. The van der Waals surface area contributed by atoms with Crippen LogP contribution in [0.5, 0.6) is 0 Å². The average molecular weight is 355 g/mol. The van der Waals surface area contributed by atoms with Crippen LogP contribution >= 0.6 is 0 Å². The minimum Gasteiger partial charge on any atom is -0.392 e. The van der Waals surface area contributed by atoms with Gasteiger partial charge in [0.05, 0.1) is 11.0 Å². The van der Waals surface area contributed by atoms with Gasteiger partial charge in [-0.15, -0.1) is 0 Å². The van der Waals surface area contributed by atoms with Gasteiger partial charge in [0.15, 0.2) is 0 Å². The number of aliphatic hydroxyl groups excluding tert-OH is 1. The molecule has 0 spiro atoms. The molecule has 1 aromatic rings. The highest BCUT2D eigenvalue weighted by Gasteiger charge is 2.24. The zero-order valence-electron chi connectivity index (χ0n) is 14.0. The van der Waals surface area contributed by atoms with Crippen molar-refractivity contribution >= 4 is 15.9 Å². The van der Waals surface area contributed by atoms with Crippen molar-refractivity contribution < 1.29 is 18.3 Å². The van der Waals surface area contributed by atoms with Crippen molar-refractivity contribution in [2.45, 2.75) is 30.3 Å². The maximum absolute atomic E-state index is 11.8. The van der Waals surface area contributed by atoms with Gasteiger partial charge in [-0.3, -0.25) is 9.69 Å². The Hall–Kier alpha value is -1.48. The third-order valence-electron chi connectivity index (χ3n) is 4.25. The molecular formula is C16H25N3O4S. The third-order valence-corrected chi connectivity index (χ3v) is 5.68. The number of likely N-dealkylation sites (tertiary alicyclic amines) is 1. The SMILES string of the molecule is CNS(=O)(=O)c1ccc([C@@H](CNC(C)=O)CN2CC[C@H](O)C2)cc1. The first-order valence-electron chi connectivity index (χ1n) is 8.00. The molecule has 134 valence electrons. The molecule has 0 aromatic heterocycles. The van der Waals surface area contributed by atoms with E-state index in [2.05, 4.69) is 14.9 Å². The highest BCUT2D eigenvalue weighted by atomic mass is 32.2. The Bertz CT molecular complexity index is 660. The number of aliphatic hydroxyl groups is 1. The van der Waals surface area contributed by atoms with Gasteiger partial charge in [0, 0.05) is 39.0 Å². The van der Waals surface area contributed by atoms with Crippen molar-refractivity contribution in [1.82, 2.24) is 14.9 Å². The number of carbonyl (C=O) groups excluding carboxylic acids is 1. The fraction of sp³-hybridized carbons (Fsp3) is 0.562. The molecule has 0 saturated carbocycles. The van der Waals surface area contributed by atoms with Crippen LogP contribution in [0.3, 0.4) is 0 Å². The van der Waals surface area contributed by atoms with Gasteiger partial charge in [0.25, 0.3) is 0 Å². The zero-order valence-corrected chi connectivity index (χ0v) is 14.8. The number of sulfonamides is 1. The lowest BCUT2D eigenvalue weighted by Gasteiger charge is -2.24. The molecule has 1 aromatic carbocycles. The Labute approximate surface area is 143 Å². The maximum Gasteiger partial charge on any atom is 0.240 e. The van der Waals surface area contributed by atoms with Crippen molar-refractivity contribution in [1.29, 1.82) is 0 Å². The molecule has 1 aliphatic heterocycles. The van der Waals surface area contributed by atoms with Crippen LogP contribution in [-0.4, -0.2) is 63.7 Å². The molecule has 0 radical (unpaired) electrons. The Morgan fingerprint density at radius 1 is 1.38 bits per heavy atom. The molecule has 2 atom stereocenters. The minimum absolute atomic E-state index is 0.0329. The third kappa shape index (κ3) is 5.01. The van der Waals surface area contributed by atoms with E-state index in [-0.39, 0.29) is 22.8 Å². The first-order valence-corrected chi connectivity index (χ1v) is 9.48. The molecule has 1 fully saturated rings. The number of amides is 1. The minimum atomic E-state index is -3.46. The molecule has 24 heavy (non-hydrogen) atoms. The first kappa shape index (κ1) is 18.9. The summed E-state index contributed by atoms with van der Waals surface area (Å²) in [5.74, 6) is -0.0682. The molecule has 1 amide bonds. The van der Waals surface area contributed by atoms with Crippen molar-refractivity contribution in [3.05, 3.63) is 29.8 Å². The van der Waals surface area contributed by atoms with E-state index in [1.807, 2.05) is 0 Å². The topological polar surface area (TPSA) is 98.7 Å². The summed E-state index contributed by atoms with van der Waals surface area (Å²) in [6.45, 7) is 4.10. The van der Waals surface area contributed by atoms with Gasteiger partial charge in [-0.1, -0.05) is 12.1 Å². The second-order valence-electron chi connectivity index (χ2n) is 6.11. The molecule has 1 heterocycles. The van der Waals surface area contributed by atoms with E-state index < -0.39 is 10.0 Å². The number of benzene rings is 1. The first-order chi connectivity index (χ1) is 11.3. The summed E-state index contributed by atoms with van der Waals surface area (Å²) in [5, 5.41) is 12.5. The summed E-state index contributed by atoms with van der Waals surface area (Å²) in [6, 6.07) is 6.70. The van der Waals surface area contributed by atoms with Crippen molar-refractivity contribution in [3.8, 4) is 0 Å². The number of rotatable bonds is 7. The number of nitrogens with one attached hydrogen (secondary N) is 2. The summed E-state index contributed by atoms with van der Waals surface area (Å²) < 4.78 is 25.9. The second kappa shape index (κ2) is 8.06. The second-order valence-corrected chi connectivity index (χ2v) is 8.00. The molecular weight excluding hydrogens is 330 g/mol. The Balaban J connectivity index is 2.14. The van der Waals surface area contributed by atoms with Gasteiger partial charge in [-0.05, 0) is 31.2 Å². The van der Waals surface area contributed by atoms with E-state index in [9.17, 15) is 18.3 Å². The molecule has 8 heteroatoms. The lowest BCUT2D eigenvalue weighted by atomic mass is 9.98. The Kier molecular flexibility index (Phi) is 6.34. The van der Waals surface area contributed by atoms with E-state index in [1.54, 1.807) is 24.3 Å². The maximum atomic E-state index is 11.8. The average Bonchev–Trinajstić information content (AvgIpc) is 2.96. The molecule has 1 aliphatic rings. The van der Waals surface area contributed by atoms with Gasteiger partial charge < -0.3 is 10.4 Å². The van der Waals surface area contributed by atoms with E-state index in [0.717, 1.165) is 18.5 Å². The lowest BCUT2D eigenvalue weighted by Crippen LogP contribution is -2.34. The van der Waals surface area contributed by atoms with Crippen molar-refractivity contribution in [3.63, 3.8) is 0 Å². The van der Waals surface area contributed by atoms with Gasteiger partial charge in [-0.25, -0.2) is 13.1 Å². The summed E-state index contributed by atoms with van der Waals surface area (Å²) in [5.41, 5.74) is 0.959. The standard InChI is InChI=1S/C16H25N3O4S/c1-12(20)18-9-14(10-19-8-7-15(21)11-19)13-3-5-16(6-4-13)24(22,23)17-2/h3-6,14-15,17,21H,7-11H2,1-2H3,(H,18,20)/t14-,15-/m0/s1. The van der Waals surface area contributed by atoms with Crippen LogP contribution in [0.2, 0.25) is 0 Å². The fourth-order valence-corrected chi connectivity index (χ4v) is 3.61. The molecule has 0 aliphatic carbocycles. The van der Waals surface area contributed by atoms with E-state index in [4.69, 9.17) is 0 Å². The van der Waals surface area contributed by atoms with E-state index in [0.29, 0.717) is 19.6 Å². The Morgan fingerprint density at radius 2 is 2.04 bits per heavy atom. The molecule has 3 N–H and O–H groups in total. The normalized spacial score (nSPS) is 20.0. The van der Waals surface area contributed by atoms with E-state index >= 15 is 0 Å². The largest absolute Gasteiger partial charge is 0.392 e. The number of β-amino-alcohol motifs (C(OH)–C–C–N with tert-alkyl or cyclic N) is 1. The fourth-order valence-electron chi connectivity index (χ4n) is 2.88. The van der Waals surface area contributed by atoms with Crippen molar-refractivity contribution in [2.24, 2.45) is 0 Å². The molecule has 0 unspecified atom stereocenters. The number of hydrogen-bond donors (Lipinski definition) is 3. The summed E-state index contributed by atoms with van der Waals surface area (Å²) in [6.07, 6.45) is 0.459. The van der Waals surface area contributed by atoms with Gasteiger partial charge >= 0.3 is 0 Å². The van der Waals surface area contributed by atoms with E-state index in [1.165, 1.54) is 14.0 Å². The van der Waals surface area contributed by atoms with Crippen LogP contribution < -0.4 is 10.0 Å². The van der Waals surface area contributed by atoms with Crippen LogP contribution in [-0.2, 0) is 14.8 Å². The quantitative estimate of drug-likeness (QED) is 0.633. The van der Waals surface area contributed by atoms with Crippen molar-refractivity contribution in [2.75, 3.05) is 33.2 Å². The van der Waals surface area contributed by atoms with Crippen LogP contribution in [0.15, 0.2) is 29.2 Å². The predicted octanol–water partition coefficient (Wildman–Crippen LogP) is -0.119. The zero-order chi connectivity index (χ0) is 17.7. The summed E-state index contributed by atoms with van der Waals surface area (Å²) in [7, 11) is -2.08.